The minimum atomic E-state index is -0.791. The van der Waals surface area contributed by atoms with E-state index in [0.29, 0.717) is 38.9 Å². The highest BCUT2D eigenvalue weighted by Crippen LogP contribution is 2.41. The third kappa shape index (κ3) is 1.55. The lowest BCUT2D eigenvalue weighted by atomic mass is 9.80. The molecule has 0 atom stereocenters. The van der Waals surface area contributed by atoms with E-state index in [4.69, 9.17) is 14.6 Å². The molecule has 0 amide bonds. The molecule has 2 fully saturated rings. The summed E-state index contributed by atoms with van der Waals surface area (Å²) in [6, 6.07) is 0. The number of nitrogens with zero attached hydrogens (tertiary/aromatic N) is 1. The van der Waals surface area contributed by atoms with Gasteiger partial charge in [0.05, 0.1) is 19.8 Å². The van der Waals surface area contributed by atoms with Crippen molar-refractivity contribution in [1.29, 1.82) is 0 Å². The summed E-state index contributed by atoms with van der Waals surface area (Å²) in [6.45, 7) is 1.08. The quantitative estimate of drug-likeness (QED) is 0.671. The van der Waals surface area contributed by atoms with Crippen LogP contribution in [0.1, 0.15) is 25.7 Å². The van der Waals surface area contributed by atoms with Crippen molar-refractivity contribution in [2.45, 2.75) is 37.0 Å². The molecule has 1 N–H and O–H groups in total. The first-order valence-electron chi connectivity index (χ1n) is 4.98. The largest absolute Gasteiger partial charge is 0.394 e. The van der Waals surface area contributed by atoms with Crippen molar-refractivity contribution in [3.8, 4) is 0 Å². The Morgan fingerprint density at radius 3 is 2.14 bits per heavy atom. The summed E-state index contributed by atoms with van der Waals surface area (Å²) < 4.78 is 11.0. The second kappa shape index (κ2) is 3.56. The van der Waals surface area contributed by atoms with Crippen LogP contribution in [0.2, 0.25) is 0 Å². The van der Waals surface area contributed by atoms with Crippen LogP contribution in [0.15, 0.2) is 5.18 Å². The maximum absolute atomic E-state index is 10.6. The minimum absolute atomic E-state index is 0.174. The first kappa shape index (κ1) is 10.0. The Morgan fingerprint density at radius 1 is 1.14 bits per heavy atom. The van der Waals surface area contributed by atoms with Crippen LogP contribution in [0, 0.1) is 4.91 Å². The molecule has 0 unspecified atom stereocenters. The zero-order valence-electron chi connectivity index (χ0n) is 8.07. The maximum atomic E-state index is 10.6. The van der Waals surface area contributed by atoms with Gasteiger partial charge in [0.15, 0.2) is 5.79 Å². The molecule has 0 aromatic rings. The van der Waals surface area contributed by atoms with Gasteiger partial charge in [-0.3, -0.25) is 0 Å². The Kier molecular flexibility index (Phi) is 2.55. The molecule has 2 rings (SSSR count). The predicted octanol–water partition coefficient (Wildman–Crippen LogP) is 0.801. The topological polar surface area (TPSA) is 68.1 Å². The van der Waals surface area contributed by atoms with Gasteiger partial charge in [0.2, 0.25) is 0 Å². The molecule has 0 bridgehead atoms. The summed E-state index contributed by atoms with van der Waals surface area (Å²) in [7, 11) is 0. The second-order valence-electron chi connectivity index (χ2n) is 4.08. The van der Waals surface area contributed by atoms with E-state index < -0.39 is 11.3 Å². The molecule has 5 heteroatoms. The van der Waals surface area contributed by atoms with Gasteiger partial charge in [-0.1, -0.05) is 5.18 Å². The van der Waals surface area contributed by atoms with Crippen molar-refractivity contribution < 1.29 is 14.6 Å². The van der Waals surface area contributed by atoms with E-state index in [1.54, 1.807) is 0 Å². The first-order valence-corrected chi connectivity index (χ1v) is 4.98. The molecule has 1 saturated heterocycles. The summed E-state index contributed by atoms with van der Waals surface area (Å²) in [5.74, 6) is -0.483. The highest BCUT2D eigenvalue weighted by atomic mass is 16.7. The molecule has 14 heavy (non-hydrogen) atoms. The van der Waals surface area contributed by atoms with Crippen LogP contribution in [0.4, 0.5) is 0 Å². The Balaban J connectivity index is 2.00. The Hall–Kier alpha value is -0.520. The molecule has 1 heterocycles. The Bertz CT molecular complexity index is 215. The molecule has 1 aliphatic heterocycles. The fourth-order valence-corrected chi connectivity index (χ4v) is 2.16. The zero-order chi connectivity index (χ0) is 10.1. The molecule has 0 aromatic heterocycles. The van der Waals surface area contributed by atoms with Crippen molar-refractivity contribution in [1.82, 2.24) is 0 Å². The summed E-state index contributed by atoms with van der Waals surface area (Å²) in [5.41, 5.74) is -0.791. The average molecular weight is 201 g/mol. The van der Waals surface area contributed by atoms with E-state index in [9.17, 15) is 4.91 Å². The number of hydrogen-bond acceptors (Lipinski definition) is 5. The van der Waals surface area contributed by atoms with Crippen LogP contribution in [0.5, 0.6) is 0 Å². The molecule has 1 saturated carbocycles. The lowest BCUT2D eigenvalue weighted by molar-refractivity contribution is -0.186. The monoisotopic (exact) mass is 201 g/mol. The molecule has 2 aliphatic rings. The van der Waals surface area contributed by atoms with Crippen molar-refractivity contribution in [2.24, 2.45) is 5.18 Å². The molecule has 0 radical (unpaired) electrons. The predicted molar refractivity (Wildman–Crippen MR) is 48.7 cm³/mol. The van der Waals surface area contributed by atoms with Gasteiger partial charge in [-0.15, -0.1) is 0 Å². The van der Waals surface area contributed by atoms with E-state index in [2.05, 4.69) is 5.18 Å². The lowest BCUT2D eigenvalue weighted by Crippen LogP contribution is -2.44. The second-order valence-corrected chi connectivity index (χ2v) is 4.08. The highest BCUT2D eigenvalue weighted by molar-refractivity contribution is 4.96. The van der Waals surface area contributed by atoms with Crippen molar-refractivity contribution in [3.05, 3.63) is 4.91 Å². The van der Waals surface area contributed by atoms with Gasteiger partial charge in [0.1, 0.15) is 5.54 Å². The fraction of sp³-hybridized carbons (Fsp3) is 1.00. The van der Waals surface area contributed by atoms with Gasteiger partial charge in [0.25, 0.3) is 0 Å². The smallest absolute Gasteiger partial charge is 0.168 e. The number of rotatable bonds is 2. The number of hydrogen-bond donors (Lipinski definition) is 1. The van der Waals surface area contributed by atoms with Crippen LogP contribution < -0.4 is 0 Å². The van der Waals surface area contributed by atoms with Crippen LogP contribution in [0.3, 0.4) is 0 Å². The van der Waals surface area contributed by atoms with E-state index in [-0.39, 0.29) is 6.61 Å². The number of aliphatic hydroxyl groups excluding tert-OH is 1. The number of ether oxygens (including phenoxy) is 2. The minimum Gasteiger partial charge on any atom is -0.394 e. The Labute approximate surface area is 82.4 Å². The van der Waals surface area contributed by atoms with E-state index >= 15 is 0 Å². The van der Waals surface area contributed by atoms with Gasteiger partial charge in [0, 0.05) is 12.8 Å². The molecule has 0 aromatic carbocycles. The number of aliphatic hydroxyl groups is 1. The lowest BCUT2D eigenvalue weighted by Gasteiger charge is -2.38. The summed E-state index contributed by atoms with van der Waals surface area (Å²) in [4.78, 5) is 10.6. The molecule has 1 spiro atoms. The van der Waals surface area contributed by atoms with Gasteiger partial charge in [-0.25, -0.2) is 0 Å². The third-order valence-corrected chi connectivity index (χ3v) is 3.24. The van der Waals surface area contributed by atoms with Crippen molar-refractivity contribution >= 4 is 0 Å². The molecule has 1 aliphatic carbocycles. The standard InChI is InChI=1S/C9H15NO4/c11-7-8(10-12)1-3-9(4-2-8)13-5-6-14-9/h11H,1-7H2. The zero-order valence-corrected chi connectivity index (χ0v) is 8.07. The van der Waals surface area contributed by atoms with Gasteiger partial charge in [-0.05, 0) is 12.8 Å². The van der Waals surface area contributed by atoms with Crippen LogP contribution in [-0.4, -0.2) is 36.3 Å². The van der Waals surface area contributed by atoms with Crippen LogP contribution in [-0.2, 0) is 9.47 Å². The summed E-state index contributed by atoms with van der Waals surface area (Å²) >= 11 is 0. The van der Waals surface area contributed by atoms with Crippen molar-refractivity contribution in [3.63, 3.8) is 0 Å². The van der Waals surface area contributed by atoms with E-state index in [0.717, 1.165) is 0 Å². The first-order chi connectivity index (χ1) is 6.74. The van der Waals surface area contributed by atoms with E-state index in [1.165, 1.54) is 0 Å². The van der Waals surface area contributed by atoms with E-state index in [1.807, 2.05) is 0 Å². The van der Waals surface area contributed by atoms with Crippen LogP contribution in [0.25, 0.3) is 0 Å². The third-order valence-electron chi connectivity index (χ3n) is 3.24. The normalized spacial score (nSPS) is 29.2. The fourth-order valence-electron chi connectivity index (χ4n) is 2.16. The molecule has 80 valence electrons. The SMILES string of the molecule is O=NC1(CO)CCC2(CC1)OCCO2. The number of nitroso groups, excluding NO2 is 1. The van der Waals surface area contributed by atoms with Gasteiger partial charge in [-0.2, -0.15) is 4.91 Å². The van der Waals surface area contributed by atoms with Gasteiger partial charge >= 0.3 is 0 Å². The summed E-state index contributed by atoms with van der Waals surface area (Å²) in [6.07, 6.45) is 2.40. The average Bonchev–Trinajstić information content (AvgIpc) is 2.69. The molecular weight excluding hydrogens is 186 g/mol. The summed E-state index contributed by atoms with van der Waals surface area (Å²) in [5, 5.41) is 12.1. The van der Waals surface area contributed by atoms with Crippen molar-refractivity contribution in [2.75, 3.05) is 19.8 Å². The van der Waals surface area contributed by atoms with Crippen LogP contribution >= 0.6 is 0 Å². The molecular formula is C9H15NO4. The maximum Gasteiger partial charge on any atom is 0.168 e. The molecule has 5 nitrogen and oxygen atoms in total. The highest BCUT2D eigenvalue weighted by Gasteiger charge is 2.47. The Morgan fingerprint density at radius 2 is 1.71 bits per heavy atom. The van der Waals surface area contributed by atoms with Gasteiger partial charge < -0.3 is 14.6 Å².